The summed E-state index contributed by atoms with van der Waals surface area (Å²) in [4.78, 5) is 0. The molecule has 0 amide bonds. The van der Waals surface area contributed by atoms with Crippen LogP contribution in [0.1, 0.15) is 25.5 Å². The Hall–Kier alpha value is -1.26. The summed E-state index contributed by atoms with van der Waals surface area (Å²) in [5.74, 6) is -0.113. The lowest BCUT2D eigenvalue weighted by molar-refractivity contribution is 0.0969. The summed E-state index contributed by atoms with van der Waals surface area (Å²) in [5.41, 5.74) is 6.24. The first kappa shape index (κ1) is 11.8. The smallest absolute Gasteiger partial charge is 0.124 e. The van der Waals surface area contributed by atoms with Crippen LogP contribution in [-0.4, -0.2) is 21.4 Å². The summed E-state index contributed by atoms with van der Waals surface area (Å²) < 4.78 is 0. The highest BCUT2D eigenvalue weighted by Gasteiger charge is 2.22. The lowest BCUT2D eigenvalue weighted by atomic mass is 9.94. The molecule has 0 aliphatic carbocycles. The molecule has 0 saturated carbocycles. The quantitative estimate of drug-likeness (QED) is 0.603. The number of rotatable bonds is 3. The second-order valence-corrected chi connectivity index (χ2v) is 4.00. The van der Waals surface area contributed by atoms with E-state index in [-0.39, 0.29) is 17.4 Å². The maximum Gasteiger partial charge on any atom is 0.124 e. The molecule has 0 fully saturated rings. The highest BCUT2D eigenvalue weighted by Crippen LogP contribution is 2.29. The summed E-state index contributed by atoms with van der Waals surface area (Å²) in [6, 6.07) is 3.51. The van der Waals surface area contributed by atoms with Crippen molar-refractivity contribution in [1.82, 2.24) is 0 Å². The standard InChI is InChI=1S/C11H17NO3/c1-6(2)11(15)10(12)8-4-3-7(13)5-9(8)14/h3-6,10-11,13-15H,12H2,1-2H3/t10-,11+/m1/s1. The van der Waals surface area contributed by atoms with Gasteiger partial charge >= 0.3 is 0 Å². The van der Waals surface area contributed by atoms with E-state index in [1.165, 1.54) is 18.2 Å². The molecule has 15 heavy (non-hydrogen) atoms. The summed E-state index contributed by atoms with van der Waals surface area (Å²) in [6.45, 7) is 3.70. The van der Waals surface area contributed by atoms with Crippen molar-refractivity contribution >= 4 is 0 Å². The van der Waals surface area contributed by atoms with Gasteiger partial charge in [-0.1, -0.05) is 13.8 Å². The van der Waals surface area contributed by atoms with Gasteiger partial charge in [-0.3, -0.25) is 0 Å². The van der Waals surface area contributed by atoms with Crippen molar-refractivity contribution in [2.24, 2.45) is 11.7 Å². The Labute approximate surface area is 89.0 Å². The minimum absolute atomic E-state index is 0.00760. The number of phenols is 2. The van der Waals surface area contributed by atoms with Gasteiger partial charge in [0, 0.05) is 11.6 Å². The van der Waals surface area contributed by atoms with Gasteiger partial charge in [-0.25, -0.2) is 0 Å². The van der Waals surface area contributed by atoms with Crippen LogP contribution in [0.5, 0.6) is 11.5 Å². The molecular weight excluding hydrogens is 194 g/mol. The normalized spacial score (nSPS) is 15.3. The van der Waals surface area contributed by atoms with Crippen molar-refractivity contribution in [2.45, 2.75) is 26.0 Å². The van der Waals surface area contributed by atoms with Crippen LogP contribution in [-0.2, 0) is 0 Å². The lowest BCUT2D eigenvalue weighted by Crippen LogP contribution is -2.30. The third kappa shape index (κ3) is 2.61. The van der Waals surface area contributed by atoms with Crippen molar-refractivity contribution in [3.05, 3.63) is 23.8 Å². The van der Waals surface area contributed by atoms with E-state index in [0.717, 1.165) is 0 Å². The zero-order chi connectivity index (χ0) is 11.6. The van der Waals surface area contributed by atoms with Crippen LogP contribution >= 0.6 is 0 Å². The van der Waals surface area contributed by atoms with Crippen molar-refractivity contribution in [2.75, 3.05) is 0 Å². The molecule has 0 bridgehead atoms. The maximum atomic E-state index is 9.74. The molecule has 0 spiro atoms. The predicted molar refractivity (Wildman–Crippen MR) is 57.5 cm³/mol. The first-order valence-electron chi connectivity index (χ1n) is 4.89. The highest BCUT2D eigenvalue weighted by atomic mass is 16.3. The predicted octanol–water partition coefficient (Wildman–Crippen LogP) is 1.11. The van der Waals surface area contributed by atoms with Crippen LogP contribution in [0.4, 0.5) is 0 Å². The molecule has 2 atom stereocenters. The molecule has 1 aromatic carbocycles. The molecular formula is C11H17NO3. The number of benzene rings is 1. The molecule has 0 unspecified atom stereocenters. The largest absolute Gasteiger partial charge is 0.508 e. The molecule has 1 aromatic rings. The van der Waals surface area contributed by atoms with Gasteiger partial charge in [-0.2, -0.15) is 0 Å². The molecule has 1 rings (SSSR count). The third-order valence-electron chi connectivity index (χ3n) is 2.42. The molecule has 4 nitrogen and oxygen atoms in total. The van der Waals surface area contributed by atoms with Gasteiger partial charge in [0.1, 0.15) is 11.5 Å². The fraction of sp³-hybridized carbons (Fsp3) is 0.455. The van der Waals surface area contributed by atoms with Crippen LogP contribution in [0.2, 0.25) is 0 Å². The van der Waals surface area contributed by atoms with Crippen LogP contribution in [0.15, 0.2) is 18.2 Å². The van der Waals surface area contributed by atoms with Gasteiger partial charge in [0.15, 0.2) is 0 Å². The van der Waals surface area contributed by atoms with Crippen molar-refractivity contribution in [1.29, 1.82) is 0 Å². The number of aliphatic hydroxyl groups is 1. The Morgan fingerprint density at radius 1 is 1.20 bits per heavy atom. The lowest BCUT2D eigenvalue weighted by Gasteiger charge is -2.23. The molecule has 0 aliphatic rings. The van der Waals surface area contributed by atoms with Crippen LogP contribution in [0.25, 0.3) is 0 Å². The Kier molecular flexibility index (Phi) is 3.55. The van der Waals surface area contributed by atoms with Crippen molar-refractivity contribution in [3.8, 4) is 11.5 Å². The van der Waals surface area contributed by atoms with Crippen LogP contribution in [0.3, 0.4) is 0 Å². The molecule has 0 heterocycles. The monoisotopic (exact) mass is 211 g/mol. The SMILES string of the molecule is CC(C)[C@H](O)[C@H](N)c1ccc(O)cc1O. The Bertz CT molecular complexity index is 339. The Balaban J connectivity index is 2.96. The fourth-order valence-corrected chi connectivity index (χ4v) is 1.41. The van der Waals surface area contributed by atoms with E-state index in [2.05, 4.69) is 0 Å². The average Bonchev–Trinajstić information content (AvgIpc) is 2.15. The van der Waals surface area contributed by atoms with Gasteiger partial charge in [0.2, 0.25) is 0 Å². The fourth-order valence-electron chi connectivity index (χ4n) is 1.41. The second-order valence-electron chi connectivity index (χ2n) is 4.00. The van der Waals surface area contributed by atoms with Gasteiger partial charge in [0.05, 0.1) is 12.1 Å². The number of aromatic hydroxyl groups is 2. The Morgan fingerprint density at radius 2 is 1.80 bits per heavy atom. The van der Waals surface area contributed by atoms with E-state index in [0.29, 0.717) is 5.56 Å². The zero-order valence-corrected chi connectivity index (χ0v) is 8.88. The first-order chi connectivity index (χ1) is 6.93. The van der Waals surface area contributed by atoms with Gasteiger partial charge < -0.3 is 21.1 Å². The first-order valence-corrected chi connectivity index (χ1v) is 4.89. The van der Waals surface area contributed by atoms with Gasteiger partial charge in [0.25, 0.3) is 0 Å². The molecule has 0 radical (unpaired) electrons. The molecule has 5 N–H and O–H groups in total. The number of nitrogens with two attached hydrogens (primary N) is 1. The molecule has 0 aromatic heterocycles. The number of hydrogen-bond donors (Lipinski definition) is 4. The maximum absolute atomic E-state index is 9.74. The van der Waals surface area contributed by atoms with E-state index in [9.17, 15) is 10.2 Å². The Morgan fingerprint density at radius 3 is 2.27 bits per heavy atom. The van der Waals surface area contributed by atoms with E-state index in [1.54, 1.807) is 0 Å². The average molecular weight is 211 g/mol. The summed E-state index contributed by atoms with van der Waals surface area (Å²) in [6.07, 6.45) is -0.722. The van der Waals surface area contributed by atoms with Crippen molar-refractivity contribution < 1.29 is 15.3 Å². The summed E-state index contributed by atoms with van der Waals surface area (Å²) in [7, 11) is 0. The number of phenolic OH excluding ortho intramolecular Hbond substituents is 2. The zero-order valence-electron chi connectivity index (χ0n) is 8.88. The number of aliphatic hydroxyl groups excluding tert-OH is 1. The summed E-state index contributed by atoms with van der Waals surface area (Å²) >= 11 is 0. The van der Waals surface area contributed by atoms with E-state index in [4.69, 9.17) is 10.8 Å². The van der Waals surface area contributed by atoms with Gasteiger partial charge in [-0.05, 0) is 18.1 Å². The van der Waals surface area contributed by atoms with E-state index in [1.807, 2.05) is 13.8 Å². The van der Waals surface area contributed by atoms with Crippen molar-refractivity contribution in [3.63, 3.8) is 0 Å². The summed E-state index contributed by atoms with van der Waals surface area (Å²) in [5, 5.41) is 28.4. The van der Waals surface area contributed by atoms with Crippen LogP contribution < -0.4 is 5.73 Å². The van der Waals surface area contributed by atoms with E-state index < -0.39 is 12.1 Å². The minimum atomic E-state index is -0.722. The highest BCUT2D eigenvalue weighted by molar-refractivity contribution is 5.41. The minimum Gasteiger partial charge on any atom is -0.508 e. The van der Waals surface area contributed by atoms with Crippen LogP contribution in [0, 0.1) is 5.92 Å². The molecule has 0 saturated heterocycles. The molecule has 84 valence electrons. The van der Waals surface area contributed by atoms with Gasteiger partial charge in [-0.15, -0.1) is 0 Å². The molecule has 0 aliphatic heterocycles. The number of hydrogen-bond acceptors (Lipinski definition) is 4. The second kappa shape index (κ2) is 4.51. The topological polar surface area (TPSA) is 86.7 Å². The van der Waals surface area contributed by atoms with E-state index >= 15 is 0 Å². The molecule has 4 heteroatoms. The third-order valence-corrected chi connectivity index (χ3v) is 2.42.